The van der Waals surface area contributed by atoms with Gasteiger partial charge in [-0.15, -0.1) is 0 Å². The lowest BCUT2D eigenvalue weighted by atomic mass is 10.0. The molecule has 1 atom stereocenters. The molecule has 1 aromatic rings. The van der Waals surface area contributed by atoms with Gasteiger partial charge >= 0.3 is 0 Å². The van der Waals surface area contributed by atoms with E-state index >= 15 is 0 Å². The van der Waals surface area contributed by atoms with Crippen LogP contribution in [-0.2, 0) is 11.3 Å². The van der Waals surface area contributed by atoms with Crippen LogP contribution in [-0.4, -0.2) is 71.0 Å². The smallest absolute Gasteiger partial charge is 0.191 e. The van der Waals surface area contributed by atoms with E-state index in [4.69, 9.17) is 14.2 Å². The van der Waals surface area contributed by atoms with Crippen LogP contribution in [0.2, 0.25) is 0 Å². The number of guanidine groups is 1. The Hall–Kier alpha value is -1.99. The van der Waals surface area contributed by atoms with Crippen molar-refractivity contribution in [1.29, 1.82) is 0 Å². The molecule has 0 radical (unpaired) electrons. The van der Waals surface area contributed by atoms with Gasteiger partial charge in [-0.05, 0) is 30.0 Å². The molecule has 0 aliphatic carbocycles. The second-order valence-corrected chi connectivity index (χ2v) is 7.43. The second-order valence-electron chi connectivity index (χ2n) is 7.43. The van der Waals surface area contributed by atoms with E-state index in [-0.39, 0.29) is 0 Å². The van der Waals surface area contributed by atoms with Gasteiger partial charge in [0.1, 0.15) is 0 Å². The third-order valence-corrected chi connectivity index (χ3v) is 4.94. The van der Waals surface area contributed by atoms with Gasteiger partial charge in [0.2, 0.25) is 0 Å². The third kappa shape index (κ3) is 6.87. The summed E-state index contributed by atoms with van der Waals surface area (Å²) < 4.78 is 16.2. The minimum absolute atomic E-state index is 0.475. The molecule has 1 aliphatic heterocycles. The molecular weight excluding hydrogens is 356 g/mol. The first-order valence-electron chi connectivity index (χ1n) is 10.0. The first kappa shape index (κ1) is 22.3. The van der Waals surface area contributed by atoms with Crippen LogP contribution < -0.4 is 20.1 Å². The maximum Gasteiger partial charge on any atom is 0.191 e. The Labute approximate surface area is 169 Å². The molecule has 0 bridgehead atoms. The lowest BCUT2D eigenvalue weighted by Gasteiger charge is -2.35. The zero-order valence-corrected chi connectivity index (χ0v) is 18.0. The summed E-state index contributed by atoms with van der Waals surface area (Å²) in [6.07, 6.45) is 1.15. The molecule has 2 N–H and O–H groups in total. The average Bonchev–Trinajstić information content (AvgIpc) is 2.73. The van der Waals surface area contributed by atoms with Gasteiger partial charge in [0.25, 0.3) is 0 Å². The molecule has 1 aliphatic rings. The quantitative estimate of drug-likeness (QED) is 0.496. The molecule has 158 valence electrons. The van der Waals surface area contributed by atoms with Gasteiger partial charge in [0.05, 0.1) is 27.4 Å². The second kappa shape index (κ2) is 11.8. The minimum Gasteiger partial charge on any atom is -0.493 e. The molecule has 1 fully saturated rings. The van der Waals surface area contributed by atoms with Crippen LogP contribution in [0.15, 0.2) is 23.2 Å². The Kier molecular flexibility index (Phi) is 9.37. The van der Waals surface area contributed by atoms with Gasteiger partial charge in [0.15, 0.2) is 17.5 Å². The topological polar surface area (TPSA) is 67.4 Å². The molecule has 1 aromatic carbocycles. The summed E-state index contributed by atoms with van der Waals surface area (Å²) in [4.78, 5) is 6.90. The van der Waals surface area contributed by atoms with Crippen LogP contribution in [0, 0.1) is 5.92 Å². The van der Waals surface area contributed by atoms with Gasteiger partial charge in [-0.3, -0.25) is 9.89 Å². The number of hydrogen-bond donors (Lipinski definition) is 2. The Balaban J connectivity index is 1.90. The van der Waals surface area contributed by atoms with Crippen molar-refractivity contribution >= 4 is 5.96 Å². The Morgan fingerprint density at radius 1 is 1.14 bits per heavy atom. The predicted octanol–water partition coefficient (Wildman–Crippen LogP) is 2.12. The number of hydrogen-bond acceptors (Lipinski definition) is 5. The van der Waals surface area contributed by atoms with Gasteiger partial charge in [0, 0.05) is 39.3 Å². The zero-order chi connectivity index (χ0) is 20.4. The van der Waals surface area contributed by atoms with Crippen molar-refractivity contribution in [3.8, 4) is 11.5 Å². The highest BCUT2D eigenvalue weighted by atomic mass is 16.5. The standard InChI is InChI=1S/C21H36N4O3/c1-16(2)12-18(25-8-10-28-11-9-25)15-24-21(22-3)23-14-17-6-7-19(26-4)20(13-17)27-5/h6-7,13,16,18H,8-12,14-15H2,1-5H3,(H2,22,23,24). The first-order chi connectivity index (χ1) is 13.6. The van der Waals surface area contributed by atoms with E-state index in [1.807, 2.05) is 18.2 Å². The highest BCUT2D eigenvalue weighted by Crippen LogP contribution is 2.27. The number of benzene rings is 1. The van der Waals surface area contributed by atoms with E-state index in [9.17, 15) is 0 Å². The molecule has 0 amide bonds. The largest absolute Gasteiger partial charge is 0.493 e. The number of nitrogens with one attached hydrogen (secondary N) is 2. The van der Waals surface area contributed by atoms with E-state index in [0.29, 0.717) is 18.5 Å². The van der Waals surface area contributed by atoms with Crippen LogP contribution in [0.1, 0.15) is 25.8 Å². The van der Waals surface area contributed by atoms with Crippen LogP contribution in [0.5, 0.6) is 11.5 Å². The van der Waals surface area contributed by atoms with E-state index in [1.165, 1.54) is 0 Å². The Morgan fingerprint density at radius 3 is 2.46 bits per heavy atom. The molecule has 2 rings (SSSR count). The molecule has 1 heterocycles. The molecule has 7 nitrogen and oxygen atoms in total. The molecule has 1 saturated heterocycles. The third-order valence-electron chi connectivity index (χ3n) is 4.94. The highest BCUT2D eigenvalue weighted by Gasteiger charge is 2.22. The van der Waals surface area contributed by atoms with Crippen molar-refractivity contribution in [3.63, 3.8) is 0 Å². The summed E-state index contributed by atoms with van der Waals surface area (Å²) in [7, 11) is 5.09. The summed E-state index contributed by atoms with van der Waals surface area (Å²) in [5.41, 5.74) is 1.10. The van der Waals surface area contributed by atoms with E-state index in [2.05, 4.69) is 34.4 Å². The van der Waals surface area contributed by atoms with Gasteiger partial charge < -0.3 is 24.8 Å². The molecule has 0 spiro atoms. The summed E-state index contributed by atoms with van der Waals surface area (Å²) in [5.74, 6) is 2.91. The fraction of sp³-hybridized carbons (Fsp3) is 0.667. The monoisotopic (exact) mass is 392 g/mol. The fourth-order valence-electron chi connectivity index (χ4n) is 3.46. The molecule has 0 aromatic heterocycles. The molecular formula is C21H36N4O3. The zero-order valence-electron chi connectivity index (χ0n) is 18.0. The van der Waals surface area contributed by atoms with Crippen molar-refractivity contribution in [2.75, 3.05) is 54.1 Å². The SMILES string of the molecule is CN=C(NCc1ccc(OC)c(OC)c1)NCC(CC(C)C)N1CCOCC1. The Morgan fingerprint density at radius 2 is 1.86 bits per heavy atom. The first-order valence-corrected chi connectivity index (χ1v) is 10.0. The van der Waals surface area contributed by atoms with Crippen LogP contribution >= 0.6 is 0 Å². The number of ether oxygens (including phenoxy) is 3. The fourth-order valence-corrected chi connectivity index (χ4v) is 3.46. The van der Waals surface area contributed by atoms with Crippen molar-refractivity contribution in [3.05, 3.63) is 23.8 Å². The van der Waals surface area contributed by atoms with Gasteiger partial charge in [-0.25, -0.2) is 0 Å². The van der Waals surface area contributed by atoms with Crippen LogP contribution in [0.3, 0.4) is 0 Å². The maximum absolute atomic E-state index is 5.51. The average molecular weight is 393 g/mol. The summed E-state index contributed by atoms with van der Waals surface area (Å²) in [6.45, 7) is 9.71. The number of aliphatic imine (C=N–C) groups is 1. The van der Waals surface area contributed by atoms with Crippen LogP contribution in [0.25, 0.3) is 0 Å². The highest BCUT2D eigenvalue weighted by molar-refractivity contribution is 5.79. The predicted molar refractivity (Wildman–Crippen MR) is 113 cm³/mol. The Bertz CT molecular complexity index is 616. The lowest BCUT2D eigenvalue weighted by Crippen LogP contribution is -2.50. The number of rotatable bonds is 9. The van der Waals surface area contributed by atoms with Gasteiger partial charge in [-0.2, -0.15) is 0 Å². The molecule has 1 unspecified atom stereocenters. The van der Waals surface area contributed by atoms with Crippen molar-refractivity contribution in [1.82, 2.24) is 15.5 Å². The number of morpholine rings is 1. The van der Waals surface area contributed by atoms with Crippen molar-refractivity contribution in [2.45, 2.75) is 32.9 Å². The molecule has 0 saturated carbocycles. The normalized spacial score (nSPS) is 16.7. The number of methoxy groups -OCH3 is 2. The van der Waals surface area contributed by atoms with E-state index in [1.54, 1.807) is 21.3 Å². The van der Waals surface area contributed by atoms with E-state index < -0.39 is 0 Å². The van der Waals surface area contributed by atoms with E-state index in [0.717, 1.165) is 62.3 Å². The summed E-state index contributed by atoms with van der Waals surface area (Å²) >= 11 is 0. The van der Waals surface area contributed by atoms with Crippen LogP contribution in [0.4, 0.5) is 0 Å². The number of nitrogens with zero attached hydrogens (tertiary/aromatic N) is 2. The van der Waals surface area contributed by atoms with Crippen molar-refractivity contribution in [2.24, 2.45) is 10.9 Å². The molecule has 7 heteroatoms. The van der Waals surface area contributed by atoms with Gasteiger partial charge in [-0.1, -0.05) is 19.9 Å². The molecule has 28 heavy (non-hydrogen) atoms. The minimum atomic E-state index is 0.475. The summed E-state index contributed by atoms with van der Waals surface area (Å²) in [6, 6.07) is 6.40. The van der Waals surface area contributed by atoms with Crippen molar-refractivity contribution < 1.29 is 14.2 Å². The maximum atomic E-state index is 5.51. The lowest BCUT2D eigenvalue weighted by molar-refractivity contribution is 0.0132. The summed E-state index contributed by atoms with van der Waals surface area (Å²) in [5, 5.41) is 6.88.